The van der Waals surface area contributed by atoms with Crippen LogP contribution in [0.1, 0.15) is 38.2 Å². The maximum absolute atomic E-state index is 11.5. The van der Waals surface area contributed by atoms with Crippen molar-refractivity contribution < 1.29 is 4.79 Å². The number of anilines is 1. The lowest BCUT2D eigenvalue weighted by molar-refractivity contribution is -0.116. The number of nitrogens with two attached hydrogens (primary N) is 2. The van der Waals surface area contributed by atoms with Gasteiger partial charge in [-0.3, -0.25) is 4.79 Å². The van der Waals surface area contributed by atoms with E-state index in [9.17, 15) is 4.79 Å². The van der Waals surface area contributed by atoms with E-state index in [1.807, 2.05) is 0 Å². The normalized spacial score (nSPS) is 15.3. The number of primary amides is 1. The molecular formula is C16H25N3OS. The Kier molecular flexibility index (Phi) is 5.94. The van der Waals surface area contributed by atoms with E-state index in [0.717, 1.165) is 29.8 Å². The van der Waals surface area contributed by atoms with Crippen molar-refractivity contribution in [2.75, 3.05) is 17.2 Å². The van der Waals surface area contributed by atoms with Crippen molar-refractivity contribution in [3.63, 3.8) is 0 Å². The second-order valence-electron chi connectivity index (χ2n) is 5.42. The number of hydrogen-bond acceptors (Lipinski definition) is 4. The molecule has 5 heteroatoms. The summed E-state index contributed by atoms with van der Waals surface area (Å²) in [6.07, 6.45) is 4.70. The summed E-state index contributed by atoms with van der Waals surface area (Å²) >= 11 is 1.80. The molecule has 4 N–H and O–H groups in total. The molecular weight excluding hydrogens is 282 g/mol. The van der Waals surface area contributed by atoms with Crippen molar-refractivity contribution in [1.29, 1.82) is 0 Å². The summed E-state index contributed by atoms with van der Waals surface area (Å²) in [6.45, 7) is 2.90. The van der Waals surface area contributed by atoms with Gasteiger partial charge in [0.1, 0.15) is 0 Å². The second kappa shape index (κ2) is 7.71. The number of carbonyl (C=O) groups is 1. The molecule has 1 aromatic rings. The third-order valence-corrected chi connectivity index (χ3v) is 5.00. The van der Waals surface area contributed by atoms with Gasteiger partial charge in [0, 0.05) is 28.7 Å². The summed E-state index contributed by atoms with van der Waals surface area (Å²) in [4.78, 5) is 14.9. The molecule has 0 aromatic heterocycles. The third-order valence-electron chi connectivity index (χ3n) is 4.01. The van der Waals surface area contributed by atoms with Crippen LogP contribution in [0.5, 0.6) is 0 Å². The first-order valence-corrected chi connectivity index (χ1v) is 8.65. The van der Waals surface area contributed by atoms with Crippen LogP contribution < -0.4 is 16.4 Å². The molecule has 116 valence electrons. The van der Waals surface area contributed by atoms with E-state index < -0.39 is 0 Å². The summed E-state index contributed by atoms with van der Waals surface area (Å²) in [7, 11) is 0. The first kappa shape index (κ1) is 16.2. The smallest absolute Gasteiger partial charge is 0.236 e. The van der Waals surface area contributed by atoms with E-state index in [2.05, 4.69) is 30.0 Å². The molecule has 0 radical (unpaired) electrons. The highest BCUT2D eigenvalue weighted by Crippen LogP contribution is 2.34. The molecule has 0 bridgehead atoms. The average molecular weight is 307 g/mol. The van der Waals surface area contributed by atoms with Crippen LogP contribution >= 0.6 is 11.8 Å². The Labute approximate surface area is 131 Å². The molecule has 21 heavy (non-hydrogen) atoms. The van der Waals surface area contributed by atoms with Gasteiger partial charge in [-0.1, -0.05) is 25.8 Å². The topological polar surface area (TPSA) is 72.3 Å². The molecule has 4 nitrogen and oxygen atoms in total. The number of carbonyl (C=O) groups excluding carboxylic acids is 1. The highest BCUT2D eigenvalue weighted by Gasteiger charge is 2.26. The van der Waals surface area contributed by atoms with E-state index in [-0.39, 0.29) is 12.5 Å². The Hall–Kier alpha value is -1.20. The van der Waals surface area contributed by atoms with Gasteiger partial charge in [0.05, 0.1) is 6.54 Å². The van der Waals surface area contributed by atoms with Crippen LogP contribution in [0.15, 0.2) is 23.1 Å². The van der Waals surface area contributed by atoms with Crippen molar-refractivity contribution >= 4 is 23.4 Å². The van der Waals surface area contributed by atoms with Gasteiger partial charge in [-0.15, -0.1) is 11.8 Å². The lowest BCUT2D eigenvalue weighted by Crippen LogP contribution is -2.41. The average Bonchev–Trinajstić information content (AvgIpc) is 2.98. The van der Waals surface area contributed by atoms with Crippen molar-refractivity contribution in [2.45, 2.75) is 50.1 Å². The lowest BCUT2D eigenvalue weighted by atomic mass is 10.1. The highest BCUT2D eigenvalue weighted by atomic mass is 32.2. The number of amides is 1. The zero-order chi connectivity index (χ0) is 15.2. The van der Waals surface area contributed by atoms with Crippen molar-refractivity contribution in [2.24, 2.45) is 11.5 Å². The molecule has 0 aliphatic heterocycles. The molecule has 0 unspecified atom stereocenters. The van der Waals surface area contributed by atoms with E-state index in [4.69, 9.17) is 11.5 Å². The minimum Gasteiger partial charge on any atom is -0.368 e. The van der Waals surface area contributed by atoms with Crippen LogP contribution in [0.2, 0.25) is 0 Å². The highest BCUT2D eigenvalue weighted by molar-refractivity contribution is 7.99. The molecule has 1 aliphatic rings. The minimum absolute atomic E-state index is 0.276. The summed E-state index contributed by atoms with van der Waals surface area (Å²) < 4.78 is 0. The van der Waals surface area contributed by atoms with Crippen molar-refractivity contribution in [3.05, 3.63) is 23.8 Å². The summed E-state index contributed by atoms with van der Waals surface area (Å²) in [5.41, 5.74) is 13.7. The minimum atomic E-state index is -0.279. The molecule has 1 fully saturated rings. The van der Waals surface area contributed by atoms with Crippen LogP contribution in [-0.4, -0.2) is 24.2 Å². The van der Waals surface area contributed by atoms with Gasteiger partial charge in [0.25, 0.3) is 0 Å². The van der Waals surface area contributed by atoms with E-state index in [1.54, 1.807) is 11.8 Å². The fourth-order valence-corrected chi connectivity index (χ4v) is 3.96. The molecule has 0 spiro atoms. The van der Waals surface area contributed by atoms with E-state index in [0.29, 0.717) is 12.6 Å². The Bertz CT molecular complexity index is 486. The summed E-state index contributed by atoms with van der Waals surface area (Å²) in [6, 6.07) is 6.64. The first-order chi connectivity index (χ1) is 10.2. The molecule has 1 amide bonds. The molecule has 0 atom stereocenters. The largest absolute Gasteiger partial charge is 0.368 e. The Morgan fingerprint density at radius 3 is 2.67 bits per heavy atom. The van der Waals surface area contributed by atoms with Gasteiger partial charge >= 0.3 is 0 Å². The zero-order valence-corrected chi connectivity index (χ0v) is 13.5. The fourth-order valence-electron chi connectivity index (χ4n) is 3.11. The zero-order valence-electron chi connectivity index (χ0n) is 12.7. The number of nitrogens with zero attached hydrogens (tertiary/aromatic N) is 1. The SMILES string of the molecule is CCSc1cccc(N(CC(N)=O)C2CCCC2)c1CN. The Morgan fingerprint density at radius 2 is 2.10 bits per heavy atom. The molecule has 1 saturated carbocycles. The molecule has 1 aliphatic carbocycles. The van der Waals surface area contributed by atoms with Gasteiger partial charge in [-0.2, -0.15) is 0 Å². The van der Waals surface area contributed by atoms with Crippen LogP contribution in [0.4, 0.5) is 5.69 Å². The lowest BCUT2D eigenvalue weighted by Gasteiger charge is -2.32. The Balaban J connectivity index is 2.37. The molecule has 2 rings (SSSR count). The number of thioether (sulfide) groups is 1. The number of hydrogen-bond donors (Lipinski definition) is 2. The molecule has 0 heterocycles. The van der Waals surface area contributed by atoms with E-state index >= 15 is 0 Å². The van der Waals surface area contributed by atoms with E-state index in [1.165, 1.54) is 17.7 Å². The maximum Gasteiger partial charge on any atom is 0.236 e. The van der Waals surface area contributed by atoms with Crippen LogP contribution in [-0.2, 0) is 11.3 Å². The Morgan fingerprint density at radius 1 is 1.38 bits per heavy atom. The van der Waals surface area contributed by atoms with Gasteiger partial charge in [-0.25, -0.2) is 0 Å². The van der Waals surface area contributed by atoms with Crippen LogP contribution in [0.25, 0.3) is 0 Å². The second-order valence-corrected chi connectivity index (χ2v) is 6.73. The summed E-state index contributed by atoms with van der Waals surface area (Å²) in [5.74, 6) is 0.730. The van der Waals surface area contributed by atoms with Gasteiger partial charge < -0.3 is 16.4 Å². The molecule has 1 aromatic carbocycles. The number of benzene rings is 1. The predicted molar refractivity (Wildman–Crippen MR) is 89.5 cm³/mol. The third kappa shape index (κ3) is 3.92. The quantitative estimate of drug-likeness (QED) is 0.759. The fraction of sp³-hybridized carbons (Fsp3) is 0.562. The standard InChI is InChI=1S/C16H25N3OS/c1-2-21-15-9-5-8-14(13(15)10-17)19(11-16(18)20)12-6-3-4-7-12/h5,8-9,12H,2-4,6-7,10-11,17H2,1H3,(H2,18,20). The van der Waals surface area contributed by atoms with Crippen molar-refractivity contribution in [3.8, 4) is 0 Å². The predicted octanol–water partition coefficient (Wildman–Crippen LogP) is 2.49. The van der Waals surface area contributed by atoms with Gasteiger partial charge in [0.15, 0.2) is 0 Å². The van der Waals surface area contributed by atoms with Crippen LogP contribution in [0.3, 0.4) is 0 Å². The number of rotatable bonds is 7. The van der Waals surface area contributed by atoms with Gasteiger partial charge in [0.2, 0.25) is 5.91 Å². The molecule has 0 saturated heterocycles. The maximum atomic E-state index is 11.5. The van der Waals surface area contributed by atoms with Gasteiger partial charge in [-0.05, 0) is 30.7 Å². The van der Waals surface area contributed by atoms with Crippen LogP contribution in [0, 0.1) is 0 Å². The van der Waals surface area contributed by atoms with Crippen molar-refractivity contribution in [1.82, 2.24) is 0 Å². The first-order valence-electron chi connectivity index (χ1n) is 7.67. The monoisotopic (exact) mass is 307 g/mol. The summed E-state index contributed by atoms with van der Waals surface area (Å²) in [5, 5.41) is 0.